The van der Waals surface area contributed by atoms with Gasteiger partial charge in [-0.05, 0) is 28.3 Å². The number of amides is 1. The molecule has 0 saturated heterocycles. The number of rotatable bonds is 4. The minimum absolute atomic E-state index is 0.274. The van der Waals surface area contributed by atoms with E-state index in [4.69, 9.17) is 5.73 Å². The second-order valence-corrected chi connectivity index (χ2v) is 4.33. The monoisotopic (exact) mass is 227 g/mol. The molecule has 0 unspecified atom stereocenters. The molecule has 1 amide bonds. The number of carbonyl (C=O) groups is 1. The largest absolute Gasteiger partial charge is 0.369 e. The van der Waals surface area contributed by atoms with Gasteiger partial charge in [0.2, 0.25) is 5.91 Å². The summed E-state index contributed by atoms with van der Waals surface area (Å²) in [6, 6.07) is 12.3. The smallest absolute Gasteiger partial charge is 0.221 e. The highest BCUT2D eigenvalue weighted by molar-refractivity contribution is 5.92. The summed E-state index contributed by atoms with van der Waals surface area (Å²) in [5.41, 5.74) is 7.65. The molecule has 0 saturated carbocycles. The third-order valence-electron chi connectivity index (χ3n) is 2.96. The van der Waals surface area contributed by atoms with Gasteiger partial charge in [0.15, 0.2) is 0 Å². The number of hydrogen-bond acceptors (Lipinski definition) is 1. The average molecular weight is 227 g/mol. The second-order valence-electron chi connectivity index (χ2n) is 4.33. The molecule has 2 N–H and O–H groups in total. The van der Waals surface area contributed by atoms with Gasteiger partial charge < -0.3 is 5.73 Å². The van der Waals surface area contributed by atoms with Crippen LogP contribution < -0.4 is 5.73 Å². The Morgan fingerprint density at radius 3 is 2.35 bits per heavy atom. The number of nitrogens with two attached hydrogens (primary N) is 1. The normalized spacial score (nSPS) is 10.6. The van der Waals surface area contributed by atoms with Crippen molar-refractivity contribution in [2.75, 3.05) is 0 Å². The third kappa shape index (κ3) is 2.47. The zero-order valence-electron chi connectivity index (χ0n) is 10.1. The highest BCUT2D eigenvalue weighted by Crippen LogP contribution is 2.24. The molecule has 0 radical (unpaired) electrons. The fourth-order valence-corrected chi connectivity index (χ4v) is 2.31. The fraction of sp³-hybridized carbons (Fsp3) is 0.267. The van der Waals surface area contributed by atoms with Gasteiger partial charge in [-0.25, -0.2) is 0 Å². The van der Waals surface area contributed by atoms with E-state index in [2.05, 4.69) is 31.2 Å². The lowest BCUT2D eigenvalue weighted by atomic mass is 9.95. The van der Waals surface area contributed by atoms with Crippen molar-refractivity contribution in [3.8, 4) is 0 Å². The molecule has 0 heterocycles. The maximum Gasteiger partial charge on any atom is 0.221 e. The molecule has 2 heteroatoms. The van der Waals surface area contributed by atoms with Crippen molar-refractivity contribution < 1.29 is 4.79 Å². The Morgan fingerprint density at radius 1 is 1.12 bits per heavy atom. The Hall–Kier alpha value is -1.83. The van der Waals surface area contributed by atoms with E-state index in [0.717, 1.165) is 18.4 Å². The van der Waals surface area contributed by atoms with Crippen LogP contribution in [0.3, 0.4) is 0 Å². The zero-order valence-corrected chi connectivity index (χ0v) is 10.1. The minimum Gasteiger partial charge on any atom is -0.369 e. The molecule has 0 aliphatic rings. The Morgan fingerprint density at radius 2 is 1.76 bits per heavy atom. The number of hydrogen-bond donors (Lipinski definition) is 1. The van der Waals surface area contributed by atoms with Crippen LogP contribution in [-0.2, 0) is 17.6 Å². The molecule has 0 fully saturated rings. The molecule has 0 spiro atoms. The lowest BCUT2D eigenvalue weighted by Crippen LogP contribution is -2.14. The molecule has 0 bridgehead atoms. The lowest BCUT2D eigenvalue weighted by molar-refractivity contribution is -0.117. The quantitative estimate of drug-likeness (QED) is 0.857. The van der Waals surface area contributed by atoms with Crippen molar-refractivity contribution in [2.24, 2.45) is 5.73 Å². The van der Waals surface area contributed by atoms with E-state index in [0.29, 0.717) is 6.42 Å². The molecular formula is C15H17NO. The summed E-state index contributed by atoms with van der Waals surface area (Å²) in [7, 11) is 0. The van der Waals surface area contributed by atoms with Crippen molar-refractivity contribution in [1.29, 1.82) is 0 Å². The van der Waals surface area contributed by atoms with Crippen LogP contribution in [0.25, 0.3) is 10.8 Å². The average Bonchev–Trinajstić information content (AvgIpc) is 2.29. The van der Waals surface area contributed by atoms with Gasteiger partial charge in [-0.3, -0.25) is 4.79 Å². The Kier molecular flexibility index (Phi) is 3.43. The Bertz CT molecular complexity index is 540. The van der Waals surface area contributed by atoms with Gasteiger partial charge in [-0.15, -0.1) is 0 Å². The first kappa shape index (κ1) is 11.6. The van der Waals surface area contributed by atoms with Gasteiger partial charge in [0, 0.05) is 0 Å². The highest BCUT2D eigenvalue weighted by Gasteiger charge is 2.07. The van der Waals surface area contributed by atoms with Crippen molar-refractivity contribution in [2.45, 2.75) is 26.2 Å². The minimum atomic E-state index is -0.274. The first-order valence-corrected chi connectivity index (χ1v) is 6.00. The van der Waals surface area contributed by atoms with Crippen LogP contribution in [0.4, 0.5) is 0 Å². The van der Waals surface area contributed by atoms with Crippen LogP contribution in [0, 0.1) is 0 Å². The van der Waals surface area contributed by atoms with Gasteiger partial charge in [0.25, 0.3) is 0 Å². The molecule has 0 aromatic heterocycles. The predicted molar refractivity (Wildman–Crippen MR) is 70.8 cm³/mol. The molecule has 0 aliphatic carbocycles. The molecular weight excluding hydrogens is 210 g/mol. The summed E-state index contributed by atoms with van der Waals surface area (Å²) in [4.78, 5) is 11.1. The molecule has 17 heavy (non-hydrogen) atoms. The van der Waals surface area contributed by atoms with Crippen LogP contribution >= 0.6 is 0 Å². The van der Waals surface area contributed by atoms with Crippen LogP contribution in [0.5, 0.6) is 0 Å². The summed E-state index contributed by atoms with van der Waals surface area (Å²) in [6.07, 6.45) is 2.45. The summed E-state index contributed by atoms with van der Waals surface area (Å²) < 4.78 is 0. The zero-order chi connectivity index (χ0) is 12.3. The van der Waals surface area contributed by atoms with Gasteiger partial charge in [-0.2, -0.15) is 0 Å². The number of benzene rings is 2. The molecule has 2 rings (SSSR count). The molecule has 88 valence electrons. The van der Waals surface area contributed by atoms with Crippen LogP contribution in [-0.4, -0.2) is 5.91 Å². The van der Waals surface area contributed by atoms with E-state index in [1.165, 1.54) is 16.3 Å². The molecule has 2 aromatic rings. The van der Waals surface area contributed by atoms with Crippen molar-refractivity contribution in [1.82, 2.24) is 0 Å². The van der Waals surface area contributed by atoms with Gasteiger partial charge >= 0.3 is 0 Å². The molecule has 2 nitrogen and oxygen atoms in total. The van der Waals surface area contributed by atoms with Crippen molar-refractivity contribution in [3.05, 3.63) is 47.5 Å². The van der Waals surface area contributed by atoms with E-state index >= 15 is 0 Å². The van der Waals surface area contributed by atoms with Gasteiger partial charge in [0.1, 0.15) is 0 Å². The Labute approximate surface area is 101 Å². The third-order valence-corrected chi connectivity index (χ3v) is 2.96. The molecule has 2 aromatic carbocycles. The van der Waals surface area contributed by atoms with Crippen LogP contribution in [0.15, 0.2) is 36.4 Å². The standard InChI is InChI=1S/C15H17NO/c1-2-5-11-6-3-7-12-8-4-9-13(15(11)12)10-14(16)17/h3-4,6-9H,2,5,10H2,1H3,(H2,16,17). The maximum atomic E-state index is 11.1. The SMILES string of the molecule is CCCc1cccc2cccc(CC(N)=O)c12. The number of primary amides is 1. The van der Waals surface area contributed by atoms with Gasteiger partial charge in [0.05, 0.1) is 6.42 Å². The lowest BCUT2D eigenvalue weighted by Gasteiger charge is -2.10. The highest BCUT2D eigenvalue weighted by atomic mass is 16.1. The van der Waals surface area contributed by atoms with Crippen molar-refractivity contribution in [3.63, 3.8) is 0 Å². The van der Waals surface area contributed by atoms with E-state index in [9.17, 15) is 4.79 Å². The number of fused-ring (bicyclic) bond motifs is 1. The number of aryl methyl sites for hydroxylation is 1. The maximum absolute atomic E-state index is 11.1. The number of carbonyl (C=O) groups excluding carboxylic acids is 1. The first-order chi connectivity index (χ1) is 8.22. The summed E-state index contributed by atoms with van der Waals surface area (Å²) in [5.74, 6) is -0.274. The summed E-state index contributed by atoms with van der Waals surface area (Å²) >= 11 is 0. The molecule has 0 atom stereocenters. The summed E-state index contributed by atoms with van der Waals surface area (Å²) in [6.45, 7) is 2.16. The first-order valence-electron chi connectivity index (χ1n) is 6.00. The van der Waals surface area contributed by atoms with E-state index < -0.39 is 0 Å². The topological polar surface area (TPSA) is 43.1 Å². The second kappa shape index (κ2) is 5.00. The fourth-order valence-electron chi connectivity index (χ4n) is 2.31. The van der Waals surface area contributed by atoms with Crippen molar-refractivity contribution >= 4 is 16.7 Å². The van der Waals surface area contributed by atoms with E-state index in [-0.39, 0.29) is 5.91 Å². The van der Waals surface area contributed by atoms with E-state index in [1.54, 1.807) is 0 Å². The summed E-state index contributed by atoms with van der Waals surface area (Å²) in [5, 5.41) is 2.39. The van der Waals surface area contributed by atoms with Crippen LogP contribution in [0.2, 0.25) is 0 Å². The van der Waals surface area contributed by atoms with Gasteiger partial charge in [-0.1, -0.05) is 49.7 Å². The van der Waals surface area contributed by atoms with E-state index in [1.807, 2.05) is 12.1 Å². The Balaban J connectivity index is 2.62. The molecule has 0 aliphatic heterocycles. The van der Waals surface area contributed by atoms with Crippen LogP contribution in [0.1, 0.15) is 24.5 Å². The predicted octanol–water partition coefficient (Wildman–Crippen LogP) is 2.82.